The molecule has 0 spiro atoms. The van der Waals surface area contributed by atoms with Crippen LogP contribution >= 0.6 is 0 Å². The topological polar surface area (TPSA) is 56.4 Å². The van der Waals surface area contributed by atoms with Gasteiger partial charge in [-0.25, -0.2) is 0 Å². The average molecular weight is 1710 g/mol. The van der Waals surface area contributed by atoms with Crippen LogP contribution in [0, 0.1) is 21.7 Å². The third-order valence-electron chi connectivity index (χ3n) is 33.8. The number of benzene rings is 8. The summed E-state index contributed by atoms with van der Waals surface area (Å²) >= 11 is 0. The number of rotatable bonds is 20. The van der Waals surface area contributed by atoms with Crippen LogP contribution in [-0.2, 0) is 21.7 Å². The second-order valence-corrected chi connectivity index (χ2v) is 54.6. The average Bonchev–Trinajstić information content (AvgIpc) is 1.73. The van der Waals surface area contributed by atoms with E-state index in [0.29, 0.717) is 0 Å². The molecule has 8 aromatic rings. The van der Waals surface area contributed by atoms with Crippen LogP contribution in [-0.4, -0.2) is 81.5 Å². The van der Waals surface area contributed by atoms with E-state index in [4.69, 9.17) is 21.3 Å². The first-order valence-corrected chi connectivity index (χ1v) is 53.1. The molecule has 4 fully saturated rings. The van der Waals surface area contributed by atoms with Crippen molar-refractivity contribution in [1.82, 2.24) is 0 Å². The second kappa shape index (κ2) is 39.7. The Morgan fingerprint density at radius 2 is 0.314 bits per heavy atom. The van der Waals surface area contributed by atoms with E-state index in [1.54, 1.807) is 41.5 Å². The molecule has 8 aliphatic carbocycles. The van der Waals surface area contributed by atoms with E-state index in [1.807, 2.05) is 0 Å². The molecule has 4 saturated carbocycles. The first kappa shape index (κ1) is 93.3. The summed E-state index contributed by atoms with van der Waals surface area (Å²) < 4.78 is 0. The minimum Gasteiger partial charge on any atom is -0.647 e. The number of hydrogen-bond donors (Lipinski definition) is 0. The molecular weight excluding hydrogens is 1560 g/mol. The van der Waals surface area contributed by atoms with E-state index in [0.717, 1.165) is 0 Å². The third kappa shape index (κ3) is 19.3. The molecule has 0 bridgehead atoms. The summed E-state index contributed by atoms with van der Waals surface area (Å²) in [6.07, 6.45) is 55.2. The predicted octanol–water partition coefficient (Wildman–Crippen LogP) is 24.1. The number of hydrogen-bond acceptors (Lipinski definition) is 0. The first-order valence-electron chi connectivity index (χ1n) is 46.2. The van der Waals surface area contributed by atoms with Crippen LogP contribution < -0.4 is 41.5 Å². The minimum absolute atomic E-state index is 0. The molecule has 632 valence electrons. The fourth-order valence-corrected chi connectivity index (χ4v) is 42.3. The normalized spacial score (nSPS) is 28.5. The van der Waals surface area contributed by atoms with Gasteiger partial charge in [0.1, 0.15) is 35.2 Å². The van der Waals surface area contributed by atoms with Crippen molar-refractivity contribution in [3.63, 3.8) is 0 Å². The Balaban J connectivity index is 0.000000147. The van der Waals surface area contributed by atoms with Crippen molar-refractivity contribution in [3.8, 4) is 0 Å². The maximum atomic E-state index is 5.49. The zero-order valence-electron chi connectivity index (χ0n) is 76.6. The van der Waals surface area contributed by atoms with Crippen molar-refractivity contribution >= 4 is 76.7 Å². The molecule has 0 radical (unpaired) electrons. The van der Waals surface area contributed by atoms with E-state index >= 15 is 0 Å². The Hall–Kier alpha value is -6.90. The molecule has 0 aromatic heterocycles. The largest absolute Gasteiger partial charge is 4.00 e. The smallest absolute Gasteiger partial charge is 0.647 e. The van der Waals surface area contributed by atoms with Gasteiger partial charge in [-0.15, -0.1) is 22.2 Å². The predicted molar refractivity (Wildman–Crippen MR) is 535 cm³/mol. The fraction of sp³-hybridized carbons (Fsp3) is 0.429. The molecule has 8 unspecified atom stereocenters. The maximum Gasteiger partial charge on any atom is 4.00 e. The second-order valence-electron chi connectivity index (χ2n) is 40.7. The van der Waals surface area contributed by atoms with Crippen LogP contribution in [0.2, 0.25) is 20.2 Å². The van der Waals surface area contributed by atoms with Crippen LogP contribution in [0.3, 0.4) is 0 Å². The van der Waals surface area contributed by atoms with Crippen molar-refractivity contribution in [1.29, 1.82) is 0 Å². The maximum absolute atomic E-state index is 5.49. The molecule has 0 amide bonds. The quantitative estimate of drug-likeness (QED) is 0.0539. The van der Waals surface area contributed by atoms with E-state index in [-0.39, 0.29) is 110 Å². The molecule has 0 heterocycles. The van der Waals surface area contributed by atoms with Crippen molar-refractivity contribution in [2.24, 2.45) is 21.7 Å². The van der Waals surface area contributed by atoms with Crippen LogP contribution in [0.15, 0.2) is 340 Å². The minimum atomic E-state index is -1.53. The van der Waals surface area contributed by atoms with E-state index in [2.05, 4.69) is 451 Å². The first-order chi connectivity index (χ1) is 57.5. The van der Waals surface area contributed by atoms with Gasteiger partial charge in [-0.3, -0.25) is 0 Å². The van der Waals surface area contributed by atoms with Crippen LogP contribution in [0.4, 0.5) is 0 Å². The Morgan fingerprint density at radius 1 is 0.190 bits per heavy atom. The van der Waals surface area contributed by atoms with Crippen molar-refractivity contribution < 1.29 is 21.7 Å². The van der Waals surface area contributed by atoms with Crippen molar-refractivity contribution in [2.75, 3.05) is 0 Å². The molecule has 8 aromatic carbocycles. The summed E-state index contributed by atoms with van der Waals surface area (Å²) in [5.74, 6) is 0. The SMILES string of the molecule is CC1([N-]C2C=CC=C2)CCCCC(C)([SiH](c2ccccc2)c2ccccc2)C1(C)C.CC1([N-]C2C=CC=C2)CCCCC(C)([SiH](c2ccccc2)c2ccccc2)C1(C)C.CC1([N-]C2C=CC=C2)CCCCC(C)([SiH](c2ccccc2)c2ccccc2)C1(C)C.CC1([N-]C2C=CC=C2)CCCCC(C)([SiH](c2ccccc2)c2ccccc2)C1(C)C.[Ti+4]. The molecule has 4 nitrogen and oxygen atoms in total. The molecular formula is C112H144N4Si4Ti. The third-order valence-corrected chi connectivity index (χ3v) is 51.3. The molecule has 0 N–H and O–H groups in total. The summed E-state index contributed by atoms with van der Waals surface area (Å²) in [7, 11) is -6.11. The zero-order valence-corrected chi connectivity index (χ0v) is 82.7. The molecule has 8 aliphatic rings. The van der Waals surface area contributed by atoms with Crippen molar-refractivity contribution in [3.05, 3.63) is 361 Å². The molecule has 9 heteroatoms. The fourth-order valence-electron chi connectivity index (χ4n) is 23.9. The number of allylic oxidation sites excluding steroid dienone is 8. The Bertz CT molecular complexity index is 4020. The van der Waals surface area contributed by atoms with E-state index < -0.39 is 35.2 Å². The van der Waals surface area contributed by atoms with Gasteiger partial charge in [0.25, 0.3) is 0 Å². The molecule has 0 saturated heterocycles. The van der Waals surface area contributed by atoms with Gasteiger partial charge in [0, 0.05) is 0 Å². The molecule has 0 aliphatic heterocycles. The Morgan fingerprint density at radius 3 is 0.446 bits per heavy atom. The van der Waals surface area contributed by atoms with E-state index in [1.165, 1.54) is 103 Å². The van der Waals surface area contributed by atoms with Gasteiger partial charge < -0.3 is 21.3 Å². The van der Waals surface area contributed by atoms with Gasteiger partial charge in [0.15, 0.2) is 0 Å². The molecule has 121 heavy (non-hydrogen) atoms. The summed E-state index contributed by atoms with van der Waals surface area (Å²) in [6, 6.07) is 91.8. The van der Waals surface area contributed by atoms with Gasteiger partial charge in [0.2, 0.25) is 0 Å². The monoisotopic (exact) mass is 1700 g/mol. The summed E-state index contributed by atoms with van der Waals surface area (Å²) in [5, 5.41) is 35.3. The zero-order chi connectivity index (χ0) is 85.0. The van der Waals surface area contributed by atoms with E-state index in [9.17, 15) is 0 Å². The summed E-state index contributed by atoms with van der Waals surface area (Å²) in [6.45, 7) is 40.4. The van der Waals surface area contributed by atoms with Gasteiger partial charge in [-0.05, 0) is 67.5 Å². The number of nitrogens with zero attached hydrogens (tertiary/aromatic N) is 4. The standard InChI is InChI=1S/4C28H36NSi.Ti/c4*1-26(2)27(3,29-23-15-11-12-16-23)21-13-14-22-28(26,4)30(24-17-7-5-8-18-24)25-19-9-6-10-20-25;/h4*5-12,15-20,23,30H,13-14,21-22H2,1-4H3;/q4*-1;+4. The van der Waals surface area contributed by atoms with Gasteiger partial charge in [-0.2, -0.15) is 0 Å². The summed E-state index contributed by atoms with van der Waals surface area (Å²) in [4.78, 5) is 0. The Kier molecular flexibility index (Phi) is 30.6. The van der Waals surface area contributed by atoms with Crippen molar-refractivity contribution in [2.45, 2.75) is 280 Å². The van der Waals surface area contributed by atoms with Gasteiger partial charge >= 0.3 is 21.7 Å². The van der Waals surface area contributed by atoms with Gasteiger partial charge in [0.05, 0.1) is 0 Å². The Labute approximate surface area is 755 Å². The molecule has 8 atom stereocenters. The van der Waals surface area contributed by atoms with Crippen LogP contribution in [0.25, 0.3) is 21.3 Å². The summed E-state index contributed by atoms with van der Waals surface area (Å²) in [5.41, 5.74) is 0.167. The van der Waals surface area contributed by atoms with Crippen LogP contribution in [0.1, 0.15) is 214 Å². The van der Waals surface area contributed by atoms with Crippen LogP contribution in [0.5, 0.6) is 0 Å². The molecule has 16 rings (SSSR count). The van der Waals surface area contributed by atoms with Gasteiger partial charge in [-0.1, -0.05) is 593 Å².